The number of hydrogen-bond donors (Lipinski definition) is 0. The Morgan fingerprint density at radius 3 is 2.76 bits per heavy atom. The van der Waals surface area contributed by atoms with Gasteiger partial charge in [0.2, 0.25) is 0 Å². The molecule has 1 aromatic heterocycles. The van der Waals surface area contributed by atoms with Gasteiger partial charge >= 0.3 is 0 Å². The number of amides is 1. The zero-order valence-electron chi connectivity index (χ0n) is 12.5. The van der Waals surface area contributed by atoms with Gasteiger partial charge in [0.1, 0.15) is 5.01 Å². The molecule has 5 heteroatoms. The second kappa shape index (κ2) is 7.05. The van der Waals surface area contributed by atoms with Gasteiger partial charge in [0.25, 0.3) is 5.91 Å². The molecule has 1 heterocycles. The Hall–Kier alpha value is -1.39. The van der Waals surface area contributed by atoms with Crippen LogP contribution >= 0.6 is 22.9 Å². The van der Waals surface area contributed by atoms with Gasteiger partial charge in [-0.2, -0.15) is 0 Å². The summed E-state index contributed by atoms with van der Waals surface area (Å²) in [6.07, 6.45) is 0. The molecule has 0 aliphatic heterocycles. The second-order valence-corrected chi connectivity index (χ2v) is 6.17. The number of carbonyl (C=O) groups excluding carboxylic acids is 1. The van der Waals surface area contributed by atoms with Crippen molar-refractivity contribution in [2.24, 2.45) is 0 Å². The molecule has 0 bridgehead atoms. The summed E-state index contributed by atoms with van der Waals surface area (Å²) in [5.41, 5.74) is 2.53. The number of thiazole rings is 1. The molecule has 0 saturated carbocycles. The maximum absolute atomic E-state index is 12.6. The molecule has 0 spiro atoms. The SMILES string of the molecule is CCN(C(=O)c1cccc(-c2nc(CCl)cs2)c1)C(C)C. The van der Waals surface area contributed by atoms with E-state index in [9.17, 15) is 4.79 Å². The van der Waals surface area contributed by atoms with E-state index in [2.05, 4.69) is 4.98 Å². The quantitative estimate of drug-likeness (QED) is 0.763. The highest BCUT2D eigenvalue weighted by molar-refractivity contribution is 7.13. The van der Waals surface area contributed by atoms with E-state index in [1.54, 1.807) is 11.3 Å². The highest BCUT2D eigenvalue weighted by Crippen LogP contribution is 2.25. The number of hydrogen-bond acceptors (Lipinski definition) is 3. The molecule has 0 N–H and O–H groups in total. The van der Waals surface area contributed by atoms with Crippen LogP contribution in [0.4, 0.5) is 0 Å². The van der Waals surface area contributed by atoms with Crippen molar-refractivity contribution in [1.29, 1.82) is 0 Å². The van der Waals surface area contributed by atoms with Crippen LogP contribution in [0, 0.1) is 0 Å². The summed E-state index contributed by atoms with van der Waals surface area (Å²) in [4.78, 5) is 18.9. The summed E-state index contributed by atoms with van der Waals surface area (Å²) in [6.45, 7) is 6.75. The molecule has 3 nitrogen and oxygen atoms in total. The van der Waals surface area contributed by atoms with Crippen molar-refractivity contribution in [2.45, 2.75) is 32.7 Å². The molecule has 1 amide bonds. The highest BCUT2D eigenvalue weighted by atomic mass is 35.5. The van der Waals surface area contributed by atoms with Crippen LogP contribution < -0.4 is 0 Å². The lowest BCUT2D eigenvalue weighted by Gasteiger charge is -2.25. The van der Waals surface area contributed by atoms with Crippen LogP contribution in [-0.4, -0.2) is 28.4 Å². The fourth-order valence-corrected chi connectivity index (χ4v) is 3.24. The lowest BCUT2D eigenvalue weighted by molar-refractivity contribution is 0.0717. The Balaban J connectivity index is 2.31. The molecule has 112 valence electrons. The summed E-state index contributed by atoms with van der Waals surface area (Å²) >= 11 is 7.34. The molecule has 0 fully saturated rings. The minimum absolute atomic E-state index is 0.0588. The van der Waals surface area contributed by atoms with Gasteiger partial charge in [0.05, 0.1) is 11.6 Å². The van der Waals surface area contributed by atoms with Crippen molar-refractivity contribution >= 4 is 28.8 Å². The minimum atomic E-state index is 0.0588. The summed E-state index contributed by atoms with van der Waals surface area (Å²) in [7, 11) is 0. The largest absolute Gasteiger partial charge is 0.337 e. The van der Waals surface area contributed by atoms with Gasteiger partial charge in [-0.1, -0.05) is 12.1 Å². The molecule has 0 saturated heterocycles. The third-order valence-corrected chi connectivity index (χ3v) is 4.48. The first-order chi connectivity index (χ1) is 10.1. The van der Waals surface area contributed by atoms with Crippen LogP contribution in [-0.2, 0) is 5.88 Å². The van der Waals surface area contributed by atoms with Gasteiger partial charge in [-0.25, -0.2) is 4.98 Å². The molecule has 0 aliphatic carbocycles. The maximum Gasteiger partial charge on any atom is 0.254 e. The molecule has 2 rings (SSSR count). The van der Waals surface area contributed by atoms with Crippen LogP contribution in [0.5, 0.6) is 0 Å². The van der Waals surface area contributed by atoms with Gasteiger partial charge in [-0.15, -0.1) is 22.9 Å². The second-order valence-electron chi connectivity index (χ2n) is 5.04. The standard InChI is InChI=1S/C16H19ClN2OS/c1-4-19(11(2)3)16(20)13-7-5-6-12(8-13)15-18-14(9-17)10-21-15/h5-8,10-11H,4,9H2,1-3H3. The average molecular weight is 323 g/mol. The van der Waals surface area contributed by atoms with Crippen molar-refractivity contribution in [2.75, 3.05) is 6.54 Å². The van der Waals surface area contributed by atoms with Crippen molar-refractivity contribution in [1.82, 2.24) is 9.88 Å². The Morgan fingerprint density at radius 1 is 1.43 bits per heavy atom. The lowest BCUT2D eigenvalue weighted by Crippen LogP contribution is -2.36. The third kappa shape index (κ3) is 3.63. The zero-order valence-corrected chi connectivity index (χ0v) is 14.0. The number of carbonyl (C=O) groups is 1. The Labute approximate surface area is 134 Å². The molecule has 0 radical (unpaired) electrons. The number of alkyl halides is 1. The predicted molar refractivity (Wildman–Crippen MR) is 89.0 cm³/mol. The van der Waals surface area contributed by atoms with Crippen LogP contribution in [0.1, 0.15) is 36.8 Å². The molecular formula is C16H19ClN2OS. The average Bonchev–Trinajstić information content (AvgIpc) is 2.96. The number of nitrogens with zero attached hydrogens (tertiary/aromatic N) is 2. The zero-order chi connectivity index (χ0) is 15.4. The monoisotopic (exact) mass is 322 g/mol. The summed E-state index contributed by atoms with van der Waals surface area (Å²) in [5, 5.41) is 2.84. The smallest absolute Gasteiger partial charge is 0.254 e. The first kappa shape index (κ1) is 16.0. The van der Waals surface area contributed by atoms with E-state index in [0.717, 1.165) is 16.3 Å². The van der Waals surface area contributed by atoms with E-state index in [1.165, 1.54) is 0 Å². The maximum atomic E-state index is 12.6. The lowest BCUT2D eigenvalue weighted by atomic mass is 10.1. The molecule has 21 heavy (non-hydrogen) atoms. The van der Waals surface area contributed by atoms with Crippen LogP contribution in [0.25, 0.3) is 10.6 Å². The van der Waals surface area contributed by atoms with E-state index < -0.39 is 0 Å². The fourth-order valence-electron chi connectivity index (χ4n) is 2.20. The molecular weight excluding hydrogens is 304 g/mol. The van der Waals surface area contributed by atoms with E-state index >= 15 is 0 Å². The number of halogens is 1. The normalized spacial score (nSPS) is 10.9. The summed E-state index contributed by atoms with van der Waals surface area (Å²) < 4.78 is 0. The van der Waals surface area contributed by atoms with Gasteiger partial charge in [-0.05, 0) is 32.9 Å². The Morgan fingerprint density at radius 2 is 2.19 bits per heavy atom. The van der Waals surface area contributed by atoms with E-state index in [1.807, 2.05) is 55.3 Å². The molecule has 0 atom stereocenters. The van der Waals surface area contributed by atoms with Gasteiger partial charge in [-0.3, -0.25) is 4.79 Å². The minimum Gasteiger partial charge on any atom is -0.337 e. The Bertz CT molecular complexity index is 624. The van der Waals surface area contributed by atoms with Crippen molar-refractivity contribution in [3.8, 4) is 10.6 Å². The fraction of sp³-hybridized carbons (Fsp3) is 0.375. The van der Waals surface area contributed by atoms with E-state index in [4.69, 9.17) is 11.6 Å². The van der Waals surface area contributed by atoms with E-state index in [-0.39, 0.29) is 11.9 Å². The van der Waals surface area contributed by atoms with Crippen LogP contribution in [0.15, 0.2) is 29.6 Å². The predicted octanol–water partition coefficient (Wildman–Crippen LogP) is 4.42. The first-order valence-corrected chi connectivity index (χ1v) is 8.40. The van der Waals surface area contributed by atoms with Gasteiger partial charge in [0, 0.05) is 29.1 Å². The molecule has 0 aliphatic rings. The van der Waals surface area contributed by atoms with Gasteiger partial charge in [0.15, 0.2) is 0 Å². The van der Waals surface area contributed by atoms with E-state index in [0.29, 0.717) is 18.0 Å². The molecule has 1 aromatic carbocycles. The molecule has 0 unspecified atom stereocenters. The van der Waals surface area contributed by atoms with Crippen LogP contribution in [0.2, 0.25) is 0 Å². The molecule has 2 aromatic rings. The summed E-state index contributed by atoms with van der Waals surface area (Å²) in [5.74, 6) is 0.468. The van der Waals surface area contributed by atoms with Crippen molar-refractivity contribution < 1.29 is 4.79 Å². The number of rotatable bonds is 5. The topological polar surface area (TPSA) is 33.2 Å². The highest BCUT2D eigenvalue weighted by Gasteiger charge is 2.17. The van der Waals surface area contributed by atoms with Gasteiger partial charge < -0.3 is 4.90 Å². The third-order valence-electron chi connectivity index (χ3n) is 3.27. The Kier molecular flexibility index (Phi) is 5.37. The van der Waals surface area contributed by atoms with Crippen molar-refractivity contribution in [3.05, 3.63) is 40.9 Å². The number of aromatic nitrogens is 1. The first-order valence-electron chi connectivity index (χ1n) is 6.98. The number of benzene rings is 1. The van der Waals surface area contributed by atoms with Crippen LogP contribution in [0.3, 0.4) is 0 Å². The van der Waals surface area contributed by atoms with Crippen molar-refractivity contribution in [3.63, 3.8) is 0 Å². The summed E-state index contributed by atoms with van der Waals surface area (Å²) in [6, 6.07) is 7.82.